The number of nitrogens with one attached hydrogen (secondary N) is 2. The lowest BCUT2D eigenvalue weighted by molar-refractivity contribution is 0.241. The molecule has 2 N–H and O–H groups in total. The lowest BCUT2D eigenvalue weighted by Crippen LogP contribution is -2.44. The van der Waals surface area contributed by atoms with Crippen molar-refractivity contribution in [2.45, 2.75) is 20.4 Å². The van der Waals surface area contributed by atoms with Crippen molar-refractivity contribution in [3.05, 3.63) is 21.9 Å². The predicted molar refractivity (Wildman–Crippen MR) is 96.0 cm³/mol. The second-order valence-corrected chi connectivity index (χ2v) is 7.28. The molecule has 0 aliphatic carbocycles. The van der Waals surface area contributed by atoms with Gasteiger partial charge in [0.15, 0.2) is 5.96 Å². The topological polar surface area (TPSA) is 44.6 Å². The Hall–Kier alpha value is -0.910. The van der Waals surface area contributed by atoms with E-state index in [0.29, 0.717) is 16.7 Å². The smallest absolute Gasteiger partial charge is 0.191 e. The zero-order valence-electron chi connectivity index (χ0n) is 14.3. The summed E-state index contributed by atoms with van der Waals surface area (Å²) in [5.74, 6) is 0.764. The molecule has 1 heterocycles. The van der Waals surface area contributed by atoms with Crippen molar-refractivity contribution in [3.63, 3.8) is 0 Å². The van der Waals surface area contributed by atoms with Crippen LogP contribution in [0.5, 0.6) is 0 Å². The summed E-state index contributed by atoms with van der Waals surface area (Å²) in [5, 5.41) is 7.76. The van der Waals surface area contributed by atoms with Crippen molar-refractivity contribution in [1.29, 1.82) is 0 Å². The van der Waals surface area contributed by atoms with Gasteiger partial charge in [-0.05, 0) is 25.6 Å². The first kappa shape index (κ1) is 19.1. The number of hydrogen-bond donors (Lipinski definition) is 2. The Balaban J connectivity index is 2.54. The van der Waals surface area contributed by atoms with E-state index in [-0.39, 0.29) is 5.41 Å². The van der Waals surface area contributed by atoms with Crippen molar-refractivity contribution in [1.82, 2.24) is 20.1 Å². The summed E-state index contributed by atoms with van der Waals surface area (Å²) in [7, 11) is 7.82. The lowest BCUT2D eigenvalue weighted by atomic mass is 9.93. The minimum Gasteiger partial charge on any atom is -0.356 e. The monoisotopic (exact) mass is 347 g/mol. The molecule has 0 spiro atoms. The molecule has 5 nitrogen and oxygen atoms in total. The molecule has 22 heavy (non-hydrogen) atoms. The van der Waals surface area contributed by atoms with Crippen LogP contribution in [-0.2, 0) is 13.6 Å². The van der Waals surface area contributed by atoms with Gasteiger partial charge in [-0.2, -0.15) is 0 Å². The normalized spacial score (nSPS) is 12.9. The number of nitrogens with zero attached hydrogens (tertiary/aromatic N) is 3. The van der Waals surface area contributed by atoms with Gasteiger partial charge in [-0.1, -0.05) is 37.0 Å². The fraction of sp³-hybridized carbons (Fsp3) is 0.667. The summed E-state index contributed by atoms with van der Waals surface area (Å²) in [6, 6.07) is 1.86. The molecule has 126 valence electrons. The van der Waals surface area contributed by atoms with Crippen LogP contribution in [0.1, 0.15) is 19.5 Å². The first-order valence-electron chi connectivity index (χ1n) is 7.25. The zero-order chi connectivity index (χ0) is 16.9. The highest BCUT2D eigenvalue weighted by molar-refractivity contribution is 6.41. The van der Waals surface area contributed by atoms with Crippen molar-refractivity contribution >= 4 is 29.2 Å². The van der Waals surface area contributed by atoms with Gasteiger partial charge in [0, 0.05) is 32.9 Å². The number of aromatic nitrogens is 1. The van der Waals surface area contributed by atoms with E-state index in [2.05, 4.69) is 48.5 Å². The minimum atomic E-state index is 0.151. The first-order valence-corrected chi connectivity index (χ1v) is 8.00. The quantitative estimate of drug-likeness (QED) is 0.614. The summed E-state index contributed by atoms with van der Waals surface area (Å²) < 4.78 is 1.86. The van der Waals surface area contributed by atoms with E-state index in [1.807, 2.05) is 17.7 Å². The first-order chi connectivity index (χ1) is 10.2. The molecular formula is C15H27Cl2N5. The van der Waals surface area contributed by atoms with Crippen LogP contribution in [0.15, 0.2) is 11.1 Å². The summed E-state index contributed by atoms with van der Waals surface area (Å²) in [6.07, 6.45) is 0. The molecule has 0 radical (unpaired) electrons. The van der Waals surface area contributed by atoms with E-state index in [1.165, 1.54) is 0 Å². The Morgan fingerprint density at radius 2 is 1.95 bits per heavy atom. The highest BCUT2D eigenvalue weighted by Gasteiger charge is 2.19. The Labute approximate surface area is 143 Å². The molecule has 0 aliphatic rings. The number of hydrogen-bond acceptors (Lipinski definition) is 2. The molecule has 0 bridgehead atoms. The van der Waals surface area contributed by atoms with E-state index in [4.69, 9.17) is 23.2 Å². The molecule has 0 saturated carbocycles. The molecule has 1 aromatic rings. The molecule has 1 rings (SSSR count). The third-order valence-electron chi connectivity index (χ3n) is 3.35. The Kier molecular flexibility index (Phi) is 7.03. The van der Waals surface area contributed by atoms with Crippen LogP contribution in [0.25, 0.3) is 0 Å². The van der Waals surface area contributed by atoms with Crippen LogP contribution in [-0.4, -0.2) is 49.7 Å². The Morgan fingerprint density at radius 3 is 2.41 bits per heavy atom. The maximum Gasteiger partial charge on any atom is 0.191 e. The van der Waals surface area contributed by atoms with E-state index < -0.39 is 0 Å². The van der Waals surface area contributed by atoms with Crippen LogP contribution in [0, 0.1) is 5.41 Å². The lowest BCUT2D eigenvalue weighted by Gasteiger charge is -2.29. The molecule has 0 saturated heterocycles. The van der Waals surface area contributed by atoms with Gasteiger partial charge in [0.25, 0.3) is 0 Å². The Bertz CT molecular complexity index is 520. The van der Waals surface area contributed by atoms with Crippen LogP contribution < -0.4 is 10.6 Å². The minimum absolute atomic E-state index is 0.151. The highest BCUT2D eigenvalue weighted by atomic mass is 35.5. The van der Waals surface area contributed by atoms with E-state index in [0.717, 1.165) is 24.7 Å². The summed E-state index contributed by atoms with van der Waals surface area (Å²) >= 11 is 12.1. The van der Waals surface area contributed by atoms with Gasteiger partial charge in [0.1, 0.15) is 5.15 Å². The van der Waals surface area contributed by atoms with Crippen LogP contribution in [0.3, 0.4) is 0 Å². The standard InChI is InChI=1S/C15H27Cl2N5/c1-15(2,10-21(4)5)9-20-14(18-3)19-8-11-7-12(16)13(17)22(11)6/h7H,8-10H2,1-6H3,(H2,18,19,20). The molecule has 0 amide bonds. The van der Waals surface area contributed by atoms with Gasteiger partial charge in [-0.25, -0.2) is 0 Å². The molecular weight excluding hydrogens is 321 g/mol. The molecule has 0 fully saturated rings. The van der Waals surface area contributed by atoms with E-state index >= 15 is 0 Å². The van der Waals surface area contributed by atoms with Crippen LogP contribution >= 0.6 is 23.2 Å². The predicted octanol–water partition coefficient (Wildman–Crippen LogP) is 2.58. The second-order valence-electron chi connectivity index (χ2n) is 6.51. The fourth-order valence-electron chi connectivity index (χ4n) is 2.39. The largest absolute Gasteiger partial charge is 0.356 e. The van der Waals surface area contributed by atoms with Gasteiger partial charge >= 0.3 is 0 Å². The fourth-order valence-corrected chi connectivity index (χ4v) is 2.80. The third-order valence-corrected chi connectivity index (χ3v) is 4.20. The van der Waals surface area contributed by atoms with E-state index in [1.54, 1.807) is 7.05 Å². The van der Waals surface area contributed by atoms with Crippen molar-refractivity contribution in [2.75, 3.05) is 34.2 Å². The van der Waals surface area contributed by atoms with Gasteiger partial charge < -0.3 is 20.1 Å². The number of halogens is 2. The number of rotatable bonds is 6. The third kappa shape index (κ3) is 5.71. The maximum atomic E-state index is 6.07. The average molecular weight is 348 g/mol. The molecule has 1 aromatic heterocycles. The molecule has 0 unspecified atom stereocenters. The van der Waals surface area contributed by atoms with Crippen LogP contribution in [0.4, 0.5) is 0 Å². The molecule has 0 aromatic carbocycles. The SMILES string of the molecule is CN=C(NCc1cc(Cl)c(Cl)n1C)NCC(C)(C)CN(C)C. The van der Waals surface area contributed by atoms with Gasteiger partial charge in [0.2, 0.25) is 0 Å². The zero-order valence-corrected chi connectivity index (χ0v) is 15.8. The summed E-state index contributed by atoms with van der Waals surface area (Å²) in [6.45, 7) is 6.89. The number of aliphatic imine (C=N–C) groups is 1. The Morgan fingerprint density at radius 1 is 1.32 bits per heavy atom. The molecule has 0 aliphatic heterocycles. The molecule has 0 atom stereocenters. The van der Waals surface area contributed by atoms with Gasteiger partial charge in [-0.15, -0.1) is 0 Å². The maximum absolute atomic E-state index is 6.07. The van der Waals surface area contributed by atoms with Crippen molar-refractivity contribution < 1.29 is 0 Å². The molecule has 7 heteroatoms. The highest BCUT2D eigenvalue weighted by Crippen LogP contribution is 2.24. The van der Waals surface area contributed by atoms with Crippen molar-refractivity contribution in [3.8, 4) is 0 Å². The summed E-state index contributed by atoms with van der Waals surface area (Å²) in [4.78, 5) is 6.44. The van der Waals surface area contributed by atoms with Crippen molar-refractivity contribution in [2.24, 2.45) is 17.5 Å². The van der Waals surface area contributed by atoms with E-state index in [9.17, 15) is 0 Å². The van der Waals surface area contributed by atoms with Gasteiger partial charge in [0.05, 0.1) is 11.6 Å². The summed E-state index contributed by atoms with van der Waals surface area (Å²) in [5.41, 5.74) is 1.16. The van der Waals surface area contributed by atoms with Crippen LogP contribution in [0.2, 0.25) is 10.2 Å². The average Bonchev–Trinajstić information content (AvgIpc) is 2.65. The number of guanidine groups is 1. The van der Waals surface area contributed by atoms with Gasteiger partial charge in [-0.3, -0.25) is 4.99 Å². The second kappa shape index (κ2) is 8.09.